The average Bonchev–Trinajstić information content (AvgIpc) is 2.97. The summed E-state index contributed by atoms with van der Waals surface area (Å²) in [5.74, 6) is -2.37. The molecule has 2 atom stereocenters. The molecule has 18 heteroatoms. The lowest BCUT2D eigenvalue weighted by molar-refractivity contribution is -0.403. The third-order valence-electron chi connectivity index (χ3n) is 6.26. The molecular formula is C28H41Cl3F3N7O5. The van der Waals surface area contributed by atoms with Crippen molar-refractivity contribution < 1.29 is 91.5 Å². The van der Waals surface area contributed by atoms with E-state index >= 15 is 0 Å². The third-order valence-corrected chi connectivity index (χ3v) is 6.26. The maximum atomic E-state index is 13.0. The third kappa shape index (κ3) is 17.4. The van der Waals surface area contributed by atoms with Crippen molar-refractivity contribution in [3.05, 3.63) is 65.7 Å². The smallest absolute Gasteiger partial charge is 0.573 e. The molecule has 0 fully saturated rings. The van der Waals surface area contributed by atoms with Crippen molar-refractivity contribution >= 4 is 23.6 Å². The number of quaternary nitrogens is 3. The first-order valence-electron chi connectivity index (χ1n) is 13.8. The Labute approximate surface area is 283 Å². The Morgan fingerprint density at radius 1 is 0.826 bits per heavy atom. The number of nitrogens with one attached hydrogen (secondary N) is 3. The van der Waals surface area contributed by atoms with Crippen LogP contribution in [0.15, 0.2) is 54.6 Å². The Balaban J connectivity index is 0. The van der Waals surface area contributed by atoms with Crippen LogP contribution in [0.25, 0.3) is 0 Å². The van der Waals surface area contributed by atoms with E-state index in [0.717, 1.165) is 17.7 Å². The first-order valence-corrected chi connectivity index (χ1v) is 13.8. The van der Waals surface area contributed by atoms with Gasteiger partial charge in [0.05, 0.1) is 39.1 Å². The fourth-order valence-corrected chi connectivity index (χ4v) is 4.08. The Kier molecular flexibility index (Phi) is 22.4. The summed E-state index contributed by atoms with van der Waals surface area (Å²) in [7, 11) is 0. The summed E-state index contributed by atoms with van der Waals surface area (Å²) >= 11 is 0. The first kappa shape index (κ1) is 44.8. The second kappa shape index (κ2) is 23.1. The van der Waals surface area contributed by atoms with E-state index in [4.69, 9.17) is 0 Å². The summed E-state index contributed by atoms with van der Waals surface area (Å²) in [6.07, 6.45) is -4.24. The van der Waals surface area contributed by atoms with Gasteiger partial charge in [-0.2, -0.15) is 0 Å². The number of amides is 4. The van der Waals surface area contributed by atoms with Gasteiger partial charge in [-0.25, -0.2) is 0 Å². The highest BCUT2D eigenvalue weighted by atomic mass is 35.5. The van der Waals surface area contributed by atoms with Gasteiger partial charge in [-0.3, -0.25) is 19.2 Å². The predicted octanol–water partition coefficient (Wildman–Crippen LogP) is -11.2. The maximum absolute atomic E-state index is 13.0. The van der Waals surface area contributed by atoms with Crippen LogP contribution >= 0.6 is 0 Å². The first-order chi connectivity index (χ1) is 20.4. The maximum Gasteiger partial charge on any atom is 0.573 e. The van der Waals surface area contributed by atoms with E-state index in [1.165, 1.54) is 12.1 Å². The molecule has 0 aliphatic rings. The van der Waals surface area contributed by atoms with Crippen LogP contribution < -0.4 is 75.1 Å². The molecule has 0 saturated heterocycles. The topological polar surface area (TPSA) is 200 Å². The number of halogens is 6. The Bertz CT molecular complexity index is 1190. The lowest BCUT2D eigenvalue weighted by Crippen LogP contribution is -3.00. The van der Waals surface area contributed by atoms with Crippen LogP contribution in [0.3, 0.4) is 0 Å². The molecule has 12 N–H and O–H groups in total. The number of aryl methyl sites for hydroxylation is 1. The molecule has 2 rings (SSSR count). The molecule has 12 nitrogen and oxygen atoms in total. The molecule has 0 radical (unpaired) electrons. The van der Waals surface area contributed by atoms with Gasteiger partial charge < -0.3 is 80.0 Å². The van der Waals surface area contributed by atoms with Gasteiger partial charge in [0.25, 0.3) is 5.91 Å². The Hall–Kier alpha value is -3.34. The molecule has 0 saturated carbocycles. The average molecular weight is 719 g/mol. The van der Waals surface area contributed by atoms with E-state index in [0.29, 0.717) is 38.2 Å². The highest BCUT2D eigenvalue weighted by Gasteiger charge is 2.31. The standard InChI is InChI=1S/C28H38F3N7O5.3ClH/c29-28(30,31)43-21-9-6-20(7-10-21)17-35-27(42)23(11-8-19-4-2-1-3-5-19)37-24(39)18-36-26(41)22(34)16-25(40)38(14-12-32)15-13-33;;;/h1-7,9-10,22-23H,8,11-18,32-34H2,(H,35,42)(H,36,41)(H,37,39);3*1H/t22-,23-;;;/m0.../s1. The second-order valence-electron chi connectivity index (χ2n) is 9.76. The fraction of sp³-hybridized carbons (Fsp3) is 0.429. The summed E-state index contributed by atoms with van der Waals surface area (Å²) in [6.45, 7) is 1.47. The van der Waals surface area contributed by atoms with Gasteiger partial charge >= 0.3 is 6.36 Å². The van der Waals surface area contributed by atoms with Crippen LogP contribution in [0, 0.1) is 0 Å². The summed E-state index contributed by atoms with van der Waals surface area (Å²) in [6, 6.07) is 12.5. The van der Waals surface area contributed by atoms with Crippen LogP contribution in [-0.4, -0.2) is 79.7 Å². The molecule has 260 valence electrons. The molecule has 0 aliphatic carbocycles. The van der Waals surface area contributed by atoms with Crippen molar-refractivity contribution in [3.8, 4) is 5.75 Å². The monoisotopic (exact) mass is 717 g/mol. The molecular weight excluding hydrogens is 678 g/mol. The van der Waals surface area contributed by atoms with Crippen LogP contribution in [0.1, 0.15) is 24.0 Å². The molecule has 0 bridgehead atoms. The van der Waals surface area contributed by atoms with Crippen molar-refractivity contribution in [2.24, 2.45) is 0 Å². The molecule has 0 aromatic heterocycles. The number of rotatable bonds is 17. The number of hydrogen-bond donors (Lipinski definition) is 6. The van der Waals surface area contributed by atoms with Crippen molar-refractivity contribution in [1.82, 2.24) is 20.9 Å². The fourth-order valence-electron chi connectivity index (χ4n) is 4.08. The van der Waals surface area contributed by atoms with Crippen molar-refractivity contribution in [1.29, 1.82) is 0 Å². The summed E-state index contributed by atoms with van der Waals surface area (Å²) in [5, 5.41) is 7.76. The number of ether oxygens (including phenoxy) is 1. The number of carbonyl (C=O) groups excluding carboxylic acids is 4. The van der Waals surface area contributed by atoms with Crippen LogP contribution in [-0.2, 0) is 32.1 Å². The van der Waals surface area contributed by atoms with Crippen molar-refractivity contribution in [2.45, 2.75) is 44.3 Å². The van der Waals surface area contributed by atoms with E-state index in [1.54, 1.807) is 4.90 Å². The molecule has 0 unspecified atom stereocenters. The van der Waals surface area contributed by atoms with Gasteiger partial charge in [-0.15, -0.1) is 13.2 Å². The van der Waals surface area contributed by atoms with Gasteiger partial charge in [-0.05, 0) is 36.1 Å². The molecule has 2 aromatic rings. The lowest BCUT2D eigenvalue weighted by atomic mass is 10.0. The molecule has 4 amide bonds. The second-order valence-corrected chi connectivity index (χ2v) is 9.76. The van der Waals surface area contributed by atoms with Crippen LogP contribution in [0.2, 0.25) is 0 Å². The van der Waals surface area contributed by atoms with Crippen LogP contribution in [0.4, 0.5) is 13.2 Å². The molecule has 0 aliphatic heterocycles. The van der Waals surface area contributed by atoms with Gasteiger partial charge in [0.1, 0.15) is 11.8 Å². The van der Waals surface area contributed by atoms with E-state index in [-0.39, 0.29) is 68.3 Å². The van der Waals surface area contributed by atoms with Gasteiger partial charge in [-0.1, -0.05) is 42.5 Å². The summed E-state index contributed by atoms with van der Waals surface area (Å²) in [4.78, 5) is 52.3. The largest absolute Gasteiger partial charge is 1.00 e. The summed E-state index contributed by atoms with van der Waals surface area (Å²) in [5.41, 5.74) is 12.7. The Morgan fingerprint density at radius 2 is 1.41 bits per heavy atom. The number of hydrogen-bond acceptors (Lipinski definition) is 5. The zero-order valence-electron chi connectivity index (χ0n) is 25.1. The molecule has 0 heterocycles. The van der Waals surface area contributed by atoms with E-state index in [1.807, 2.05) is 30.3 Å². The zero-order chi connectivity index (χ0) is 31.8. The molecule has 46 heavy (non-hydrogen) atoms. The van der Waals surface area contributed by atoms with Crippen molar-refractivity contribution in [2.75, 3.05) is 32.7 Å². The van der Waals surface area contributed by atoms with E-state index in [2.05, 4.69) is 37.9 Å². The van der Waals surface area contributed by atoms with E-state index in [9.17, 15) is 32.3 Å². The minimum atomic E-state index is -4.81. The minimum Gasteiger partial charge on any atom is -1.00 e. The minimum absolute atomic E-state index is 0. The quantitative estimate of drug-likeness (QED) is 0.0943. The predicted molar refractivity (Wildman–Crippen MR) is 148 cm³/mol. The van der Waals surface area contributed by atoms with Crippen molar-refractivity contribution in [3.63, 3.8) is 0 Å². The van der Waals surface area contributed by atoms with E-state index < -0.39 is 42.7 Å². The van der Waals surface area contributed by atoms with Gasteiger partial charge in [0, 0.05) is 6.54 Å². The number of benzene rings is 2. The molecule has 0 spiro atoms. The van der Waals surface area contributed by atoms with Crippen LogP contribution in [0.5, 0.6) is 5.75 Å². The lowest BCUT2D eigenvalue weighted by Gasteiger charge is -2.21. The SMILES string of the molecule is [Cl-].[Cl-].[Cl-].[NH3+]CCN(CC[NH3+])C(=O)C[C@H]([NH3+])C(=O)NCC(=O)N[C@@H](CCc1ccccc1)C(=O)NCc1ccc(OC(F)(F)F)cc1. The normalized spacial score (nSPS) is 11.7. The summed E-state index contributed by atoms with van der Waals surface area (Å²) < 4.78 is 41.0. The number of nitrogens with zero attached hydrogens (tertiary/aromatic N) is 1. The van der Waals surface area contributed by atoms with Gasteiger partial charge in [0.2, 0.25) is 17.7 Å². The number of carbonyl (C=O) groups is 4. The highest BCUT2D eigenvalue weighted by molar-refractivity contribution is 5.92. The zero-order valence-corrected chi connectivity index (χ0v) is 27.4. The number of alkyl halides is 3. The Morgan fingerprint density at radius 3 is 1.96 bits per heavy atom. The molecule has 2 aromatic carbocycles. The van der Waals surface area contributed by atoms with Gasteiger partial charge in [0.15, 0.2) is 6.04 Å². The highest BCUT2D eigenvalue weighted by Crippen LogP contribution is 2.22.